The number of nitrogens with zero attached hydrogens (tertiary/aromatic N) is 1. The molecule has 1 aliphatic carbocycles. The van der Waals surface area contributed by atoms with Crippen LogP contribution in [0.2, 0.25) is 0 Å². The summed E-state index contributed by atoms with van der Waals surface area (Å²) in [5.74, 6) is 0.603. The number of ether oxygens (including phenoxy) is 1. The number of hydrogen-bond acceptors (Lipinski definition) is 5. The molecule has 1 aromatic rings. The normalized spacial score (nSPS) is 30.1. The lowest BCUT2D eigenvalue weighted by Crippen LogP contribution is -2.71. The van der Waals surface area contributed by atoms with E-state index in [4.69, 9.17) is 4.74 Å². The molecule has 2 aliphatic heterocycles. The minimum Gasteiger partial charge on any atom is -0.485 e. The Kier molecular flexibility index (Phi) is 10.8. The number of aryl methyl sites for hydroxylation is 1. The predicted molar refractivity (Wildman–Crippen MR) is 137 cm³/mol. The Balaban J connectivity index is 0.000000841. The van der Waals surface area contributed by atoms with Crippen LogP contribution >= 0.6 is 0 Å². The van der Waals surface area contributed by atoms with Gasteiger partial charge in [0, 0.05) is 18.0 Å². The van der Waals surface area contributed by atoms with Gasteiger partial charge >= 0.3 is 0 Å². The number of ketones is 1. The average molecular weight is 462 g/mol. The SMILES string of the molecule is CC.CC.CC.Cc1cccc2c1C13CCN(C)C(C)C1(O)CC=C(CC(=O)C(C)O)C3O2. The Morgan fingerprint density at radius 3 is 2.39 bits per heavy atom. The molecule has 0 amide bonds. The second kappa shape index (κ2) is 12.1. The number of likely N-dealkylation sites (tertiary alicyclic amines) is 1. The molecule has 0 saturated carbocycles. The van der Waals surface area contributed by atoms with E-state index in [9.17, 15) is 15.0 Å². The largest absolute Gasteiger partial charge is 0.485 e. The first-order valence-electron chi connectivity index (χ1n) is 12.8. The minimum atomic E-state index is -0.996. The third-order valence-electron chi connectivity index (χ3n) is 7.21. The molecule has 2 heterocycles. The number of carbonyl (C=O) groups excluding carboxylic acids is 1. The summed E-state index contributed by atoms with van der Waals surface area (Å²) < 4.78 is 6.41. The molecule has 5 heteroatoms. The summed E-state index contributed by atoms with van der Waals surface area (Å²) in [5.41, 5.74) is 1.56. The first kappa shape index (κ1) is 29.3. The first-order valence-corrected chi connectivity index (χ1v) is 12.8. The predicted octanol–water partition coefficient (Wildman–Crippen LogP) is 5.20. The number of aliphatic hydroxyl groups excluding tert-OH is 1. The summed E-state index contributed by atoms with van der Waals surface area (Å²) in [6.07, 6.45) is 2.02. The van der Waals surface area contributed by atoms with Crippen molar-refractivity contribution >= 4 is 5.78 Å². The Morgan fingerprint density at radius 1 is 1.21 bits per heavy atom. The van der Waals surface area contributed by atoms with Gasteiger partial charge in [-0.15, -0.1) is 0 Å². The highest BCUT2D eigenvalue weighted by Crippen LogP contribution is 2.61. The van der Waals surface area contributed by atoms with Crippen LogP contribution in [0.25, 0.3) is 0 Å². The zero-order valence-corrected chi connectivity index (χ0v) is 22.5. The lowest BCUT2D eigenvalue weighted by Gasteiger charge is -2.59. The molecule has 33 heavy (non-hydrogen) atoms. The standard InChI is InChI=1S/C22H29NO4.3C2H6/c1-13-6-5-7-18-19(13)21-10-11-23(4)15(3)22(21,26)9-8-16(20(21)27-18)12-17(25)14(2)24;3*1-2/h5-8,14-15,20,24,26H,9-12H2,1-4H3;3*1-2H3. The maximum Gasteiger partial charge on any atom is 0.165 e. The molecule has 1 saturated heterocycles. The zero-order chi connectivity index (χ0) is 25.6. The average Bonchev–Trinajstić information content (AvgIpc) is 3.19. The number of aliphatic hydroxyl groups is 2. The molecule has 1 spiro atoms. The fourth-order valence-electron chi connectivity index (χ4n) is 5.52. The molecule has 188 valence electrons. The number of hydrogen-bond donors (Lipinski definition) is 2. The summed E-state index contributed by atoms with van der Waals surface area (Å²) in [6, 6.07) is 5.98. The van der Waals surface area contributed by atoms with Gasteiger partial charge < -0.3 is 19.8 Å². The van der Waals surface area contributed by atoms with E-state index in [1.165, 1.54) is 6.92 Å². The van der Waals surface area contributed by atoms with Gasteiger partial charge in [0.2, 0.25) is 0 Å². The quantitative estimate of drug-likeness (QED) is 0.606. The smallest absolute Gasteiger partial charge is 0.165 e. The third-order valence-corrected chi connectivity index (χ3v) is 7.21. The van der Waals surface area contributed by atoms with Crippen LogP contribution in [-0.4, -0.2) is 58.3 Å². The summed E-state index contributed by atoms with van der Waals surface area (Å²) in [4.78, 5) is 14.5. The van der Waals surface area contributed by atoms with E-state index in [2.05, 4.69) is 31.9 Å². The Morgan fingerprint density at radius 2 is 1.82 bits per heavy atom. The van der Waals surface area contributed by atoms with E-state index in [1.807, 2.05) is 59.8 Å². The molecule has 0 bridgehead atoms. The van der Waals surface area contributed by atoms with Crippen molar-refractivity contribution in [3.63, 3.8) is 0 Å². The highest BCUT2D eigenvalue weighted by molar-refractivity contribution is 5.85. The van der Waals surface area contributed by atoms with E-state index in [-0.39, 0.29) is 24.3 Å². The van der Waals surface area contributed by atoms with Crippen LogP contribution < -0.4 is 4.74 Å². The van der Waals surface area contributed by atoms with Crippen molar-refractivity contribution in [3.8, 4) is 5.75 Å². The zero-order valence-electron chi connectivity index (χ0n) is 22.5. The minimum absolute atomic E-state index is 0.0341. The van der Waals surface area contributed by atoms with E-state index < -0.39 is 17.1 Å². The van der Waals surface area contributed by atoms with Crippen LogP contribution in [0.5, 0.6) is 5.75 Å². The second-order valence-corrected chi connectivity index (χ2v) is 8.55. The molecule has 4 rings (SSSR count). The fourth-order valence-corrected chi connectivity index (χ4v) is 5.52. The number of piperidine rings is 1. The maximum atomic E-state index is 12.3. The Labute approximate surface area is 201 Å². The summed E-state index contributed by atoms with van der Waals surface area (Å²) in [7, 11) is 2.05. The number of benzene rings is 1. The van der Waals surface area contributed by atoms with Crippen LogP contribution in [0, 0.1) is 6.92 Å². The Hall–Kier alpha value is -1.69. The van der Waals surface area contributed by atoms with Crippen molar-refractivity contribution in [1.29, 1.82) is 0 Å². The molecule has 0 radical (unpaired) electrons. The molecule has 5 nitrogen and oxygen atoms in total. The van der Waals surface area contributed by atoms with Gasteiger partial charge in [0.25, 0.3) is 0 Å². The molecule has 3 aliphatic rings. The van der Waals surface area contributed by atoms with Gasteiger partial charge in [-0.05, 0) is 64.4 Å². The van der Waals surface area contributed by atoms with Gasteiger partial charge in [-0.25, -0.2) is 0 Å². The summed E-state index contributed by atoms with van der Waals surface area (Å²) in [6.45, 7) is 18.5. The van der Waals surface area contributed by atoms with E-state index in [0.29, 0.717) is 6.42 Å². The highest BCUT2D eigenvalue weighted by Gasteiger charge is 2.67. The van der Waals surface area contributed by atoms with E-state index in [1.54, 1.807) is 0 Å². The number of carbonyl (C=O) groups is 1. The Bertz CT molecular complexity index is 818. The molecule has 5 atom stereocenters. The van der Waals surface area contributed by atoms with Crippen LogP contribution in [0.3, 0.4) is 0 Å². The highest BCUT2D eigenvalue weighted by atomic mass is 16.5. The number of Topliss-reactive ketones (excluding diaryl/α,β-unsaturated/α-hetero) is 1. The molecule has 5 unspecified atom stereocenters. The summed E-state index contributed by atoms with van der Waals surface area (Å²) >= 11 is 0. The number of likely N-dealkylation sites (N-methyl/N-ethyl adjacent to an activating group) is 1. The van der Waals surface area contributed by atoms with Crippen LogP contribution in [0.1, 0.15) is 85.8 Å². The first-order chi connectivity index (χ1) is 15.7. The lowest BCUT2D eigenvalue weighted by molar-refractivity contribution is -0.148. The number of rotatable bonds is 3. The van der Waals surface area contributed by atoms with Crippen LogP contribution in [0.4, 0.5) is 0 Å². The fraction of sp³-hybridized carbons (Fsp3) is 0.679. The van der Waals surface area contributed by atoms with Crippen LogP contribution in [-0.2, 0) is 10.2 Å². The van der Waals surface area contributed by atoms with E-state index >= 15 is 0 Å². The molecular weight excluding hydrogens is 414 g/mol. The molecule has 2 N–H and O–H groups in total. The van der Waals surface area contributed by atoms with Crippen molar-refractivity contribution in [2.24, 2.45) is 0 Å². The van der Waals surface area contributed by atoms with Gasteiger partial charge in [-0.3, -0.25) is 4.79 Å². The van der Waals surface area contributed by atoms with Crippen molar-refractivity contribution in [2.75, 3.05) is 13.6 Å². The van der Waals surface area contributed by atoms with Crippen molar-refractivity contribution in [1.82, 2.24) is 4.90 Å². The monoisotopic (exact) mass is 461 g/mol. The van der Waals surface area contributed by atoms with Gasteiger partial charge in [0.05, 0.1) is 11.0 Å². The summed E-state index contributed by atoms with van der Waals surface area (Å²) in [5, 5.41) is 21.7. The molecular formula is C28H47NO4. The van der Waals surface area contributed by atoms with Crippen molar-refractivity contribution in [3.05, 3.63) is 41.0 Å². The van der Waals surface area contributed by atoms with Gasteiger partial charge in [0.1, 0.15) is 18.0 Å². The maximum absolute atomic E-state index is 12.3. The molecule has 1 aromatic carbocycles. The van der Waals surface area contributed by atoms with Crippen molar-refractivity contribution < 1.29 is 19.7 Å². The lowest BCUT2D eigenvalue weighted by atomic mass is 9.53. The van der Waals surface area contributed by atoms with Gasteiger partial charge in [0.15, 0.2) is 5.78 Å². The third kappa shape index (κ3) is 4.78. The second-order valence-electron chi connectivity index (χ2n) is 8.55. The molecule has 0 aromatic heterocycles. The number of fused-ring (bicyclic) bond motifs is 1. The van der Waals surface area contributed by atoms with E-state index in [0.717, 1.165) is 35.4 Å². The van der Waals surface area contributed by atoms with Gasteiger partial charge in [-0.2, -0.15) is 0 Å². The molecule has 1 fully saturated rings. The van der Waals surface area contributed by atoms with Crippen LogP contribution in [0.15, 0.2) is 29.8 Å². The topological polar surface area (TPSA) is 70.0 Å². The van der Waals surface area contributed by atoms with Gasteiger partial charge in [-0.1, -0.05) is 59.8 Å². The van der Waals surface area contributed by atoms with Crippen molar-refractivity contribution in [2.45, 2.75) is 111 Å².